The molecule has 0 radical (unpaired) electrons. The van der Waals surface area contributed by atoms with Crippen LogP contribution < -0.4 is 5.32 Å². The molecule has 1 aromatic carbocycles. The summed E-state index contributed by atoms with van der Waals surface area (Å²) in [6.45, 7) is 7.37. The Morgan fingerprint density at radius 1 is 1.24 bits per heavy atom. The number of anilines is 1. The highest BCUT2D eigenvalue weighted by Crippen LogP contribution is 2.20. The minimum absolute atomic E-state index is 0.215. The maximum atomic E-state index is 13.5. The molecular formula is C19H23FN2O3. The van der Waals surface area contributed by atoms with E-state index in [1.165, 1.54) is 6.07 Å². The molecule has 0 atom stereocenters. The number of amides is 1. The largest absolute Gasteiger partial charge is 0.462 e. The molecule has 0 aliphatic rings. The lowest BCUT2D eigenvalue weighted by atomic mass is 10.1. The van der Waals surface area contributed by atoms with Crippen LogP contribution in [0.1, 0.15) is 46.2 Å². The molecule has 2 aromatic rings. The van der Waals surface area contributed by atoms with E-state index < -0.39 is 0 Å². The van der Waals surface area contributed by atoms with Crippen LogP contribution in [0.4, 0.5) is 10.1 Å². The number of hydrogen-bond acceptors (Lipinski definition) is 3. The molecule has 1 heterocycles. The summed E-state index contributed by atoms with van der Waals surface area (Å²) in [6, 6.07) is 4.59. The molecule has 0 aliphatic heterocycles. The first-order valence-electron chi connectivity index (χ1n) is 8.24. The number of rotatable bonds is 6. The molecule has 2 N–H and O–H groups in total. The van der Waals surface area contributed by atoms with E-state index in [4.69, 9.17) is 4.74 Å². The Bertz CT molecular complexity index is 796. The number of carbonyl (C=O) groups is 2. The van der Waals surface area contributed by atoms with E-state index in [0.29, 0.717) is 29.8 Å². The van der Waals surface area contributed by atoms with Gasteiger partial charge in [-0.1, -0.05) is 6.07 Å². The smallest absolute Gasteiger partial charge is 0.340 e. The number of ether oxygens (including phenoxy) is 1. The van der Waals surface area contributed by atoms with Gasteiger partial charge in [0.25, 0.3) is 0 Å². The Hall–Kier alpha value is -2.63. The number of H-pyrrole nitrogens is 1. The van der Waals surface area contributed by atoms with Crippen molar-refractivity contribution in [1.29, 1.82) is 0 Å². The Labute approximate surface area is 146 Å². The van der Waals surface area contributed by atoms with E-state index in [2.05, 4.69) is 10.3 Å². The van der Waals surface area contributed by atoms with Gasteiger partial charge in [0.15, 0.2) is 0 Å². The molecule has 6 heteroatoms. The second-order valence-corrected chi connectivity index (χ2v) is 5.96. The Morgan fingerprint density at radius 3 is 2.60 bits per heavy atom. The van der Waals surface area contributed by atoms with E-state index >= 15 is 0 Å². The van der Waals surface area contributed by atoms with E-state index in [1.54, 1.807) is 32.9 Å². The fourth-order valence-corrected chi connectivity index (χ4v) is 2.71. The molecule has 0 bridgehead atoms. The maximum absolute atomic E-state index is 13.5. The summed E-state index contributed by atoms with van der Waals surface area (Å²) in [4.78, 5) is 27.2. The Morgan fingerprint density at radius 2 is 1.96 bits per heavy atom. The van der Waals surface area contributed by atoms with Gasteiger partial charge in [-0.05, 0) is 57.4 Å². The van der Waals surface area contributed by atoms with Crippen molar-refractivity contribution in [3.05, 3.63) is 52.1 Å². The van der Waals surface area contributed by atoms with E-state index in [-0.39, 0.29) is 24.1 Å². The van der Waals surface area contributed by atoms with Gasteiger partial charge in [0, 0.05) is 23.5 Å². The van der Waals surface area contributed by atoms with Crippen LogP contribution >= 0.6 is 0 Å². The third kappa shape index (κ3) is 4.47. The van der Waals surface area contributed by atoms with Gasteiger partial charge in [-0.2, -0.15) is 0 Å². The lowest BCUT2D eigenvalue weighted by Gasteiger charge is -2.07. The molecule has 2 rings (SSSR count). The highest BCUT2D eigenvalue weighted by atomic mass is 19.1. The number of aromatic nitrogens is 1. The minimum Gasteiger partial charge on any atom is -0.462 e. The summed E-state index contributed by atoms with van der Waals surface area (Å²) in [7, 11) is 0. The van der Waals surface area contributed by atoms with Gasteiger partial charge in [-0.3, -0.25) is 4.79 Å². The van der Waals surface area contributed by atoms with Gasteiger partial charge < -0.3 is 15.0 Å². The van der Waals surface area contributed by atoms with Crippen molar-refractivity contribution in [3.63, 3.8) is 0 Å². The van der Waals surface area contributed by atoms with Crippen molar-refractivity contribution in [2.45, 2.75) is 40.5 Å². The summed E-state index contributed by atoms with van der Waals surface area (Å²) < 4.78 is 18.6. The number of esters is 1. The number of nitrogens with one attached hydrogen (secondary N) is 2. The van der Waals surface area contributed by atoms with Crippen LogP contribution in [0.2, 0.25) is 0 Å². The Balaban J connectivity index is 2.01. The van der Waals surface area contributed by atoms with Crippen LogP contribution in [0.15, 0.2) is 18.2 Å². The van der Waals surface area contributed by atoms with Crippen molar-refractivity contribution in [1.82, 2.24) is 4.98 Å². The van der Waals surface area contributed by atoms with E-state index in [1.807, 2.05) is 6.92 Å². The van der Waals surface area contributed by atoms with Gasteiger partial charge in [-0.15, -0.1) is 0 Å². The lowest BCUT2D eigenvalue weighted by Crippen LogP contribution is -2.13. The fourth-order valence-electron chi connectivity index (χ4n) is 2.71. The fraction of sp³-hybridized carbons (Fsp3) is 0.368. The molecule has 0 saturated heterocycles. The van der Waals surface area contributed by atoms with Crippen molar-refractivity contribution < 1.29 is 18.7 Å². The van der Waals surface area contributed by atoms with Crippen LogP contribution in [-0.4, -0.2) is 23.5 Å². The van der Waals surface area contributed by atoms with Crippen molar-refractivity contribution in [3.8, 4) is 0 Å². The van der Waals surface area contributed by atoms with Crippen molar-refractivity contribution in [2.75, 3.05) is 11.9 Å². The van der Waals surface area contributed by atoms with Gasteiger partial charge in [0.2, 0.25) is 5.91 Å². The third-order valence-electron chi connectivity index (χ3n) is 4.08. The number of aryl methyl sites for hydroxylation is 3. The van der Waals surface area contributed by atoms with Crippen molar-refractivity contribution >= 4 is 17.6 Å². The summed E-state index contributed by atoms with van der Waals surface area (Å²) in [5.74, 6) is -0.931. The molecule has 1 amide bonds. The normalized spacial score (nSPS) is 10.6. The van der Waals surface area contributed by atoms with Crippen LogP contribution in [0, 0.1) is 26.6 Å². The molecule has 25 heavy (non-hydrogen) atoms. The number of hydrogen-bond donors (Lipinski definition) is 2. The van der Waals surface area contributed by atoms with Crippen LogP contribution in [0.3, 0.4) is 0 Å². The molecule has 134 valence electrons. The minimum atomic E-state index is -0.361. The van der Waals surface area contributed by atoms with Gasteiger partial charge in [0.05, 0.1) is 12.2 Å². The molecule has 5 nitrogen and oxygen atoms in total. The third-order valence-corrected chi connectivity index (χ3v) is 4.08. The van der Waals surface area contributed by atoms with Gasteiger partial charge >= 0.3 is 5.97 Å². The average molecular weight is 346 g/mol. The number of benzene rings is 1. The van der Waals surface area contributed by atoms with E-state index in [0.717, 1.165) is 17.0 Å². The summed E-state index contributed by atoms with van der Waals surface area (Å²) >= 11 is 0. The molecule has 0 unspecified atom stereocenters. The van der Waals surface area contributed by atoms with Gasteiger partial charge in [-0.25, -0.2) is 9.18 Å². The predicted octanol–water partition coefficient (Wildman–Crippen LogP) is 3.83. The highest BCUT2D eigenvalue weighted by Gasteiger charge is 2.19. The molecule has 1 aromatic heterocycles. The second-order valence-electron chi connectivity index (χ2n) is 5.96. The quantitative estimate of drug-likeness (QED) is 0.781. The highest BCUT2D eigenvalue weighted by molar-refractivity contribution is 5.93. The first kappa shape index (κ1) is 18.7. The summed E-state index contributed by atoms with van der Waals surface area (Å²) in [5, 5.41) is 2.68. The predicted molar refractivity (Wildman–Crippen MR) is 94.3 cm³/mol. The number of carbonyl (C=O) groups excluding carboxylic acids is 2. The van der Waals surface area contributed by atoms with E-state index in [9.17, 15) is 14.0 Å². The maximum Gasteiger partial charge on any atom is 0.340 e. The zero-order chi connectivity index (χ0) is 18.6. The summed E-state index contributed by atoms with van der Waals surface area (Å²) in [5.41, 5.74) is 3.84. The van der Waals surface area contributed by atoms with Crippen LogP contribution in [0.25, 0.3) is 0 Å². The molecule has 0 aliphatic carbocycles. The Kier molecular flexibility index (Phi) is 5.96. The molecule has 0 spiro atoms. The first-order valence-corrected chi connectivity index (χ1v) is 8.24. The van der Waals surface area contributed by atoms with Gasteiger partial charge in [0.1, 0.15) is 5.82 Å². The monoisotopic (exact) mass is 346 g/mol. The number of aromatic amines is 1. The summed E-state index contributed by atoms with van der Waals surface area (Å²) in [6.07, 6.45) is 0.671. The van der Waals surface area contributed by atoms with Crippen LogP contribution in [0.5, 0.6) is 0 Å². The topological polar surface area (TPSA) is 71.2 Å². The standard InChI is InChI=1S/C19H23FN2O3/c1-5-25-19(24)18-12(3)16(21-13(18)4)8-9-17(23)22-14-7-6-11(2)15(20)10-14/h6-7,10,21H,5,8-9H2,1-4H3,(H,22,23). The first-order chi connectivity index (χ1) is 11.8. The lowest BCUT2D eigenvalue weighted by molar-refractivity contribution is -0.116. The zero-order valence-electron chi connectivity index (χ0n) is 15.0. The molecule has 0 fully saturated rings. The number of halogens is 1. The average Bonchev–Trinajstić information content (AvgIpc) is 2.83. The van der Waals surface area contributed by atoms with Crippen LogP contribution in [-0.2, 0) is 16.0 Å². The second kappa shape index (κ2) is 7.96. The molecular weight excluding hydrogens is 323 g/mol. The zero-order valence-corrected chi connectivity index (χ0v) is 15.0. The van der Waals surface area contributed by atoms with Crippen molar-refractivity contribution in [2.24, 2.45) is 0 Å². The molecule has 0 saturated carbocycles. The SMILES string of the molecule is CCOC(=O)c1c(C)[nH]c(CCC(=O)Nc2ccc(C)c(F)c2)c1C.